The summed E-state index contributed by atoms with van der Waals surface area (Å²) < 4.78 is 11.2. The molecule has 0 spiro atoms. The molecule has 1 unspecified atom stereocenters. The Morgan fingerprint density at radius 3 is 1.41 bits per heavy atom. The number of carbonyl (C=O) groups excluding carboxylic acids is 4. The lowest BCUT2D eigenvalue weighted by Gasteiger charge is -2.21. The van der Waals surface area contributed by atoms with E-state index >= 15 is 0 Å². The molecule has 0 radical (unpaired) electrons. The maximum atomic E-state index is 12.8. The molecule has 0 saturated heterocycles. The summed E-state index contributed by atoms with van der Waals surface area (Å²) in [7, 11) is 0. The summed E-state index contributed by atoms with van der Waals surface area (Å²) in [6.45, 7) is 1.65. The van der Waals surface area contributed by atoms with E-state index in [1.807, 2.05) is 0 Å². The fraction of sp³-hybridized carbons (Fsp3) is 0.889. The number of ether oxygens (including phenoxy) is 2. The van der Waals surface area contributed by atoms with Crippen LogP contribution in [0.1, 0.15) is 231 Å². The van der Waals surface area contributed by atoms with E-state index in [-0.39, 0.29) is 36.9 Å². The second kappa shape index (κ2) is 44.1. The Morgan fingerprint density at radius 1 is 0.521 bits per heavy atom. The summed E-state index contributed by atoms with van der Waals surface area (Å²) in [5, 5.41) is 31.4. The number of nitrogens with two attached hydrogens (primary N) is 1. The molecule has 16 nitrogen and oxygen atoms in total. The smallest absolute Gasteiger partial charge is 0.407 e. The van der Waals surface area contributed by atoms with Crippen molar-refractivity contribution in [1.82, 2.24) is 26.6 Å². The predicted octanol–water partition coefficient (Wildman–Crippen LogP) is 11.1. The third-order valence-electron chi connectivity index (χ3n) is 14.1. The Hall–Kier alpha value is -3.47. The topological polar surface area (TPSA) is 248 Å². The van der Waals surface area contributed by atoms with Gasteiger partial charge in [-0.15, -0.1) is 0 Å². The zero-order valence-corrected chi connectivity index (χ0v) is 44.8. The number of hydrogen-bond donors (Lipinski definition) is 8. The van der Waals surface area contributed by atoms with Crippen molar-refractivity contribution in [3.8, 4) is 0 Å². The van der Waals surface area contributed by atoms with Crippen LogP contribution in [0.25, 0.3) is 0 Å². The van der Waals surface area contributed by atoms with E-state index in [1.165, 1.54) is 166 Å². The number of unbranched alkanes of at least 4 members (excludes halogenated alkanes) is 19. The minimum atomic E-state index is -1.30. The fourth-order valence-corrected chi connectivity index (χ4v) is 10.7. The van der Waals surface area contributed by atoms with E-state index in [0.29, 0.717) is 39.0 Å². The molecule has 0 aromatic carbocycles. The van der Waals surface area contributed by atoms with Gasteiger partial charge in [-0.25, -0.2) is 19.2 Å². The molecule has 412 valence electrons. The Kier molecular flexibility index (Phi) is 39.5. The second-order valence-corrected chi connectivity index (χ2v) is 21.6. The Balaban J connectivity index is 1.60. The van der Waals surface area contributed by atoms with Gasteiger partial charge in [0, 0.05) is 44.1 Å². The van der Waals surface area contributed by atoms with Gasteiger partial charge in [-0.05, 0) is 43.9 Å². The van der Waals surface area contributed by atoms with Gasteiger partial charge >= 0.3 is 30.2 Å². The van der Waals surface area contributed by atoms with E-state index in [9.17, 15) is 33.9 Å². The lowest BCUT2D eigenvalue weighted by molar-refractivity contribution is -0.140. The Bertz CT molecular complexity index is 1400. The average molecular weight is 1030 g/mol. The number of amides is 5. The number of nitrogens with one attached hydrogen (secondary N) is 5. The molecule has 2 aliphatic rings. The number of urea groups is 1. The molecule has 17 heteroatoms. The fourth-order valence-electron chi connectivity index (χ4n) is 9.74. The molecule has 2 fully saturated rings. The van der Waals surface area contributed by atoms with E-state index in [2.05, 4.69) is 26.6 Å². The first kappa shape index (κ1) is 63.6. The molecule has 71 heavy (non-hydrogen) atoms. The minimum absolute atomic E-state index is 0.120. The number of alkyl carbamates (subject to hydrolysis) is 2. The van der Waals surface area contributed by atoms with Gasteiger partial charge in [0.2, 0.25) is 5.91 Å². The highest BCUT2D eigenvalue weighted by Gasteiger charge is 2.22. The number of carbonyl (C=O) groups is 6. The van der Waals surface area contributed by atoms with Gasteiger partial charge in [0.15, 0.2) is 0 Å². The normalized spacial score (nSPS) is 15.5. The number of carboxylic acids is 2. The van der Waals surface area contributed by atoms with Gasteiger partial charge in [-0.1, -0.05) is 193 Å². The van der Waals surface area contributed by atoms with Crippen LogP contribution in [0, 0.1) is 11.8 Å². The molecule has 9 N–H and O–H groups in total. The number of hydrogen-bond acceptors (Lipinski definition) is 10. The van der Waals surface area contributed by atoms with Crippen LogP contribution in [-0.4, -0.2) is 109 Å². The molecular formula is C54H100N6O10S. The first-order valence-electron chi connectivity index (χ1n) is 28.5. The van der Waals surface area contributed by atoms with Crippen molar-refractivity contribution in [3.05, 3.63) is 0 Å². The number of thioether (sulfide) groups is 1. The molecule has 2 aliphatic carbocycles. The third-order valence-corrected chi connectivity index (χ3v) is 15.3. The summed E-state index contributed by atoms with van der Waals surface area (Å²) in [6.07, 6.45) is 39.6. The van der Waals surface area contributed by atoms with Crippen LogP contribution in [0.15, 0.2) is 0 Å². The van der Waals surface area contributed by atoms with Gasteiger partial charge in [0.05, 0.1) is 6.04 Å². The predicted molar refractivity (Wildman–Crippen MR) is 285 cm³/mol. The van der Waals surface area contributed by atoms with Crippen LogP contribution in [-0.2, 0) is 23.9 Å². The molecule has 2 rings (SSSR count). The van der Waals surface area contributed by atoms with Crippen molar-refractivity contribution in [2.24, 2.45) is 17.6 Å². The second-order valence-electron chi connectivity index (χ2n) is 20.5. The maximum absolute atomic E-state index is 12.8. The highest BCUT2D eigenvalue weighted by atomic mass is 32.2. The quantitative estimate of drug-likeness (QED) is 0.0266. The molecule has 0 aromatic heterocycles. The van der Waals surface area contributed by atoms with Crippen molar-refractivity contribution in [2.75, 3.05) is 44.3 Å². The summed E-state index contributed by atoms with van der Waals surface area (Å²) >= 11 is 1.35. The van der Waals surface area contributed by atoms with Gasteiger partial charge < -0.3 is 52.0 Å². The third kappa shape index (κ3) is 37.9. The van der Waals surface area contributed by atoms with Crippen molar-refractivity contribution in [2.45, 2.75) is 249 Å². The van der Waals surface area contributed by atoms with Gasteiger partial charge in [0.1, 0.15) is 18.8 Å². The molecule has 0 heterocycles. The molecule has 3 atom stereocenters. The lowest BCUT2D eigenvalue weighted by Crippen LogP contribution is -2.46. The first-order chi connectivity index (χ1) is 34.5. The average Bonchev–Trinajstić information content (AvgIpc) is 3.36. The molecule has 0 bridgehead atoms. The van der Waals surface area contributed by atoms with Gasteiger partial charge in [-0.3, -0.25) is 9.59 Å². The summed E-state index contributed by atoms with van der Waals surface area (Å²) in [5.41, 5.74) is 6.19. The number of carboxylic acid groups (broad SMARTS) is 2. The van der Waals surface area contributed by atoms with Crippen molar-refractivity contribution in [1.29, 1.82) is 0 Å². The monoisotopic (exact) mass is 1020 g/mol. The van der Waals surface area contributed by atoms with Crippen molar-refractivity contribution >= 4 is 47.8 Å². The largest absolute Gasteiger partial charge is 0.481 e. The molecule has 0 aromatic rings. The highest BCUT2D eigenvalue weighted by molar-refractivity contribution is 7.99. The van der Waals surface area contributed by atoms with E-state index in [0.717, 1.165) is 63.2 Å². The standard InChI is InChI=1S/C54H100N6O10S/c55-47(50(63)56-37-25-15-16-26-38-57-52(66)60-48(51(64)65)35-36-49(61)62)43-71-42-46(70-54(68)59-40-28-14-10-6-2-4-8-12-20-30-45-33-23-18-24-34-45)41-69-53(67)58-39-27-13-9-5-1-3-7-11-19-29-44-31-21-17-22-32-44/h44-48H,1-43,55H2,(H,56,63)(H,58,67)(H,59,68)(H,61,62)(H,64,65)(H2,57,60,66)/t46?,47-,48-/m0/s1. The SMILES string of the molecule is N[C@@H](CSCC(COC(=O)NCCCCCCCCCCCC1CCCCC1)OC(=O)NCCCCCCCCCCCC1CCCCC1)C(=O)NCCCCCCNC(=O)N[C@@H](CCC(=O)O)C(=O)O. The van der Waals surface area contributed by atoms with E-state index in [4.69, 9.17) is 20.3 Å². The maximum Gasteiger partial charge on any atom is 0.407 e. The molecule has 5 amide bonds. The molecule has 0 aliphatic heterocycles. The van der Waals surface area contributed by atoms with Crippen LogP contribution in [0.5, 0.6) is 0 Å². The van der Waals surface area contributed by atoms with Crippen LogP contribution in [0.3, 0.4) is 0 Å². The number of aliphatic carboxylic acids is 2. The van der Waals surface area contributed by atoms with Gasteiger partial charge in [0.25, 0.3) is 0 Å². The van der Waals surface area contributed by atoms with Crippen LogP contribution in [0.2, 0.25) is 0 Å². The van der Waals surface area contributed by atoms with Crippen molar-refractivity contribution < 1.29 is 48.5 Å². The molecular weight excluding hydrogens is 925 g/mol. The van der Waals surface area contributed by atoms with Crippen LogP contribution < -0.4 is 32.3 Å². The van der Waals surface area contributed by atoms with Crippen LogP contribution in [0.4, 0.5) is 14.4 Å². The Morgan fingerprint density at radius 2 is 0.944 bits per heavy atom. The molecule has 2 saturated carbocycles. The minimum Gasteiger partial charge on any atom is -0.481 e. The zero-order valence-electron chi connectivity index (χ0n) is 43.9. The summed E-state index contributed by atoms with van der Waals surface area (Å²) in [6, 6.07) is -2.76. The number of rotatable bonds is 44. The summed E-state index contributed by atoms with van der Waals surface area (Å²) in [5.74, 6) is -0.214. The van der Waals surface area contributed by atoms with Gasteiger partial charge in [-0.2, -0.15) is 11.8 Å². The highest BCUT2D eigenvalue weighted by Crippen LogP contribution is 2.29. The lowest BCUT2D eigenvalue weighted by atomic mass is 9.85. The van der Waals surface area contributed by atoms with Crippen molar-refractivity contribution in [3.63, 3.8) is 0 Å². The summed E-state index contributed by atoms with van der Waals surface area (Å²) in [4.78, 5) is 72.2. The zero-order chi connectivity index (χ0) is 51.4. The van der Waals surface area contributed by atoms with Crippen LogP contribution >= 0.6 is 11.8 Å². The van der Waals surface area contributed by atoms with E-state index in [1.54, 1.807) is 0 Å². The van der Waals surface area contributed by atoms with E-state index < -0.39 is 48.3 Å². The first-order valence-corrected chi connectivity index (χ1v) is 29.6. The Labute approximate surface area is 432 Å².